The monoisotopic (exact) mass is 427 g/mol. The number of benzene rings is 1. The van der Waals surface area contributed by atoms with E-state index in [1.165, 1.54) is 11.1 Å². The molecule has 1 atom stereocenters. The highest BCUT2D eigenvalue weighted by atomic mass is 19.1. The zero-order valence-corrected chi connectivity index (χ0v) is 17.9. The fourth-order valence-electron chi connectivity index (χ4n) is 3.70. The number of fused-ring (bicyclic) bond motifs is 1. The van der Waals surface area contributed by atoms with E-state index in [1.807, 2.05) is 37.8 Å². The summed E-state index contributed by atoms with van der Waals surface area (Å²) in [6.07, 6.45) is 1.25. The molecule has 1 amide bonds. The minimum atomic E-state index is -1.25. The van der Waals surface area contributed by atoms with Gasteiger partial charge >= 0.3 is 5.97 Å². The molecule has 0 spiro atoms. The van der Waals surface area contributed by atoms with Crippen LogP contribution in [0.15, 0.2) is 36.5 Å². The second kappa shape index (κ2) is 8.17. The van der Waals surface area contributed by atoms with Crippen LogP contribution in [0.5, 0.6) is 5.75 Å². The van der Waals surface area contributed by atoms with E-state index in [0.29, 0.717) is 55.2 Å². The van der Waals surface area contributed by atoms with Crippen molar-refractivity contribution in [1.29, 1.82) is 0 Å². The molecule has 0 aliphatic carbocycles. The maximum absolute atomic E-state index is 13.9. The summed E-state index contributed by atoms with van der Waals surface area (Å²) in [6, 6.07) is 8.70. The highest BCUT2D eigenvalue weighted by Crippen LogP contribution is 2.36. The molecule has 1 aromatic heterocycles. The number of amides is 1. The molecular formula is C23H26FN3O4. The van der Waals surface area contributed by atoms with Gasteiger partial charge in [-0.2, -0.15) is 0 Å². The van der Waals surface area contributed by atoms with E-state index in [0.717, 1.165) is 5.69 Å². The number of hydrogen-bond donors (Lipinski definition) is 0. The number of ether oxygens (including phenoxy) is 2. The molecule has 2 aliphatic heterocycles. The third kappa shape index (κ3) is 4.47. The van der Waals surface area contributed by atoms with E-state index < -0.39 is 11.9 Å². The standard InChI is InChI=1S/C23H26FN3O4/c1-23(2,3)31-22(29)15-6-8-17(9-7-15)26-11-12-30-18-13-16(14-25-20(18)26)21(28)27-10-4-5-19(27)24/h6-9,13-14,19H,4-5,10-12H2,1-3H3. The molecule has 1 saturated heterocycles. The Kier molecular flexibility index (Phi) is 5.56. The van der Waals surface area contributed by atoms with Crippen LogP contribution in [0.4, 0.5) is 15.9 Å². The first-order valence-corrected chi connectivity index (χ1v) is 10.4. The molecule has 1 aromatic carbocycles. The Hall–Kier alpha value is -3.16. The van der Waals surface area contributed by atoms with Crippen LogP contribution in [-0.4, -0.2) is 53.4 Å². The molecule has 0 saturated carbocycles. The Morgan fingerprint density at radius 2 is 1.90 bits per heavy atom. The minimum Gasteiger partial charge on any atom is -0.488 e. The van der Waals surface area contributed by atoms with Crippen LogP contribution in [-0.2, 0) is 4.74 Å². The lowest BCUT2D eigenvalue weighted by Gasteiger charge is -2.30. The second-order valence-electron chi connectivity index (χ2n) is 8.67. The second-order valence-corrected chi connectivity index (χ2v) is 8.67. The molecule has 0 N–H and O–H groups in total. The molecule has 0 bridgehead atoms. The highest BCUT2D eigenvalue weighted by Gasteiger charge is 2.31. The number of pyridine rings is 1. The van der Waals surface area contributed by atoms with Gasteiger partial charge in [0.2, 0.25) is 0 Å². The number of halogens is 1. The van der Waals surface area contributed by atoms with Crippen molar-refractivity contribution in [3.8, 4) is 5.75 Å². The summed E-state index contributed by atoms with van der Waals surface area (Å²) in [5.74, 6) is 0.299. The molecule has 31 heavy (non-hydrogen) atoms. The summed E-state index contributed by atoms with van der Waals surface area (Å²) in [4.78, 5) is 32.5. The smallest absolute Gasteiger partial charge is 0.338 e. The number of likely N-dealkylation sites (tertiary alicyclic amines) is 1. The number of anilines is 2. The van der Waals surface area contributed by atoms with Crippen molar-refractivity contribution in [3.05, 3.63) is 47.7 Å². The van der Waals surface area contributed by atoms with Gasteiger partial charge in [-0.1, -0.05) is 0 Å². The zero-order valence-electron chi connectivity index (χ0n) is 17.9. The molecule has 1 fully saturated rings. The SMILES string of the molecule is CC(C)(C)OC(=O)c1ccc(N2CCOc3cc(C(=O)N4CCCC4F)cnc32)cc1. The van der Waals surface area contributed by atoms with Crippen molar-refractivity contribution in [3.63, 3.8) is 0 Å². The summed E-state index contributed by atoms with van der Waals surface area (Å²) >= 11 is 0. The van der Waals surface area contributed by atoms with E-state index in [4.69, 9.17) is 9.47 Å². The number of rotatable bonds is 3. The molecule has 7 nitrogen and oxygen atoms in total. The molecular weight excluding hydrogens is 401 g/mol. The molecule has 2 aromatic rings. The zero-order chi connectivity index (χ0) is 22.2. The van der Waals surface area contributed by atoms with Crippen LogP contribution >= 0.6 is 0 Å². The third-order valence-electron chi connectivity index (χ3n) is 5.16. The van der Waals surface area contributed by atoms with Gasteiger partial charge in [-0.25, -0.2) is 14.2 Å². The summed E-state index contributed by atoms with van der Waals surface area (Å²) in [5.41, 5.74) is 1.06. The first-order valence-electron chi connectivity index (χ1n) is 10.4. The summed E-state index contributed by atoms with van der Waals surface area (Å²) in [5, 5.41) is 0. The Morgan fingerprint density at radius 1 is 1.16 bits per heavy atom. The number of nitrogens with zero attached hydrogens (tertiary/aromatic N) is 3. The number of esters is 1. The maximum atomic E-state index is 13.9. The predicted molar refractivity (Wildman–Crippen MR) is 114 cm³/mol. The molecule has 164 valence electrons. The average Bonchev–Trinajstić information content (AvgIpc) is 3.17. The Balaban J connectivity index is 1.54. The number of carbonyl (C=O) groups is 2. The highest BCUT2D eigenvalue weighted by molar-refractivity contribution is 5.95. The lowest BCUT2D eigenvalue weighted by molar-refractivity contribution is 0.00693. The fourth-order valence-corrected chi connectivity index (χ4v) is 3.70. The van der Waals surface area contributed by atoms with Crippen LogP contribution in [0.2, 0.25) is 0 Å². The van der Waals surface area contributed by atoms with Crippen molar-refractivity contribution in [1.82, 2.24) is 9.88 Å². The van der Waals surface area contributed by atoms with Crippen molar-refractivity contribution in [2.24, 2.45) is 0 Å². The Morgan fingerprint density at radius 3 is 2.55 bits per heavy atom. The van der Waals surface area contributed by atoms with Crippen molar-refractivity contribution in [2.45, 2.75) is 45.5 Å². The van der Waals surface area contributed by atoms with Gasteiger partial charge in [-0.3, -0.25) is 4.79 Å². The number of carbonyl (C=O) groups excluding carboxylic acids is 2. The van der Waals surface area contributed by atoms with Crippen molar-refractivity contribution >= 4 is 23.4 Å². The normalized spacial score (nSPS) is 18.4. The first-order chi connectivity index (χ1) is 14.7. The van der Waals surface area contributed by atoms with Gasteiger partial charge in [0, 0.05) is 18.4 Å². The van der Waals surface area contributed by atoms with E-state index in [1.54, 1.807) is 18.2 Å². The fraction of sp³-hybridized carbons (Fsp3) is 0.435. The largest absolute Gasteiger partial charge is 0.488 e. The van der Waals surface area contributed by atoms with Gasteiger partial charge in [-0.15, -0.1) is 0 Å². The van der Waals surface area contributed by atoms with Gasteiger partial charge in [0.15, 0.2) is 17.9 Å². The minimum absolute atomic E-state index is 0.311. The summed E-state index contributed by atoms with van der Waals surface area (Å²) in [7, 11) is 0. The first kappa shape index (κ1) is 21.1. The molecule has 4 rings (SSSR count). The van der Waals surface area contributed by atoms with Crippen molar-refractivity contribution < 1.29 is 23.5 Å². The molecule has 3 heterocycles. The molecule has 8 heteroatoms. The average molecular weight is 427 g/mol. The summed E-state index contributed by atoms with van der Waals surface area (Å²) < 4.78 is 25.1. The number of alkyl halides is 1. The Bertz CT molecular complexity index is 987. The third-order valence-corrected chi connectivity index (χ3v) is 5.16. The number of hydrogen-bond acceptors (Lipinski definition) is 6. The topological polar surface area (TPSA) is 72.0 Å². The van der Waals surface area contributed by atoms with Crippen molar-refractivity contribution in [2.75, 3.05) is 24.6 Å². The van der Waals surface area contributed by atoms with Crippen LogP contribution in [0.1, 0.15) is 54.3 Å². The van der Waals surface area contributed by atoms with Crippen LogP contribution < -0.4 is 9.64 Å². The van der Waals surface area contributed by atoms with Gasteiger partial charge in [0.25, 0.3) is 5.91 Å². The van der Waals surface area contributed by atoms with Gasteiger partial charge in [-0.05, 0) is 63.9 Å². The van der Waals surface area contributed by atoms with Crippen LogP contribution in [0.3, 0.4) is 0 Å². The van der Waals surface area contributed by atoms with Gasteiger partial charge in [0.05, 0.1) is 17.7 Å². The predicted octanol–water partition coefficient (Wildman–Crippen LogP) is 4.10. The quantitative estimate of drug-likeness (QED) is 0.543. The number of aromatic nitrogens is 1. The molecule has 0 radical (unpaired) electrons. The van der Waals surface area contributed by atoms with E-state index in [9.17, 15) is 14.0 Å². The van der Waals surface area contributed by atoms with Crippen LogP contribution in [0, 0.1) is 0 Å². The summed E-state index contributed by atoms with van der Waals surface area (Å²) in [6.45, 7) is 6.87. The van der Waals surface area contributed by atoms with E-state index in [2.05, 4.69) is 4.98 Å². The van der Waals surface area contributed by atoms with Gasteiger partial charge < -0.3 is 19.3 Å². The van der Waals surface area contributed by atoms with E-state index >= 15 is 0 Å². The lowest BCUT2D eigenvalue weighted by Crippen LogP contribution is -2.34. The molecule has 1 unspecified atom stereocenters. The molecule has 2 aliphatic rings. The van der Waals surface area contributed by atoms with E-state index in [-0.39, 0.29) is 11.9 Å². The lowest BCUT2D eigenvalue weighted by atomic mass is 10.1. The van der Waals surface area contributed by atoms with Crippen LogP contribution in [0.25, 0.3) is 0 Å². The van der Waals surface area contributed by atoms with Gasteiger partial charge in [0.1, 0.15) is 12.2 Å². The maximum Gasteiger partial charge on any atom is 0.338 e. The Labute approximate surface area is 180 Å².